The predicted molar refractivity (Wildman–Crippen MR) is 77.2 cm³/mol. The molecule has 0 bridgehead atoms. The van der Waals surface area contributed by atoms with Crippen molar-refractivity contribution in [1.29, 1.82) is 0 Å². The molecule has 0 aliphatic rings. The van der Waals surface area contributed by atoms with Gasteiger partial charge in [0, 0.05) is 6.07 Å². The van der Waals surface area contributed by atoms with Crippen molar-refractivity contribution in [2.75, 3.05) is 13.2 Å². The van der Waals surface area contributed by atoms with E-state index in [2.05, 4.69) is 0 Å². The molecule has 0 radical (unpaired) electrons. The summed E-state index contributed by atoms with van der Waals surface area (Å²) in [6.45, 7) is 4.74. The average molecular weight is 281 g/mol. The van der Waals surface area contributed by atoms with Crippen molar-refractivity contribution in [3.8, 4) is 11.5 Å². The van der Waals surface area contributed by atoms with E-state index in [0.717, 1.165) is 5.75 Å². The fourth-order valence-corrected chi connectivity index (χ4v) is 1.83. The second-order valence-electron chi connectivity index (χ2n) is 4.67. The molecular formula is C15H23NO4. The Morgan fingerprint density at radius 3 is 2.50 bits per heavy atom. The minimum atomic E-state index is -1.16. The number of rotatable bonds is 9. The molecule has 0 heterocycles. The fourth-order valence-electron chi connectivity index (χ4n) is 1.83. The van der Waals surface area contributed by atoms with Crippen molar-refractivity contribution in [2.45, 2.75) is 38.6 Å². The molecule has 1 aromatic carbocycles. The second-order valence-corrected chi connectivity index (χ2v) is 4.67. The molecule has 5 nitrogen and oxygen atoms in total. The molecule has 1 aromatic rings. The number of nitrogens with two attached hydrogens (primary N) is 1. The number of carboxylic acids is 1. The van der Waals surface area contributed by atoms with Gasteiger partial charge in [-0.25, -0.2) is 0 Å². The van der Waals surface area contributed by atoms with Crippen LogP contribution in [0.3, 0.4) is 0 Å². The molecule has 0 aromatic heterocycles. The zero-order chi connectivity index (χ0) is 15.0. The molecule has 1 atom stereocenters. The van der Waals surface area contributed by atoms with Gasteiger partial charge >= 0.3 is 5.97 Å². The lowest BCUT2D eigenvalue weighted by atomic mass is 9.92. The summed E-state index contributed by atoms with van der Waals surface area (Å²) < 4.78 is 11.0. The number of benzene rings is 1. The lowest BCUT2D eigenvalue weighted by Gasteiger charge is -2.22. The Bertz CT molecular complexity index is 436. The topological polar surface area (TPSA) is 81.8 Å². The molecule has 5 heteroatoms. The van der Waals surface area contributed by atoms with Gasteiger partial charge < -0.3 is 20.3 Å². The van der Waals surface area contributed by atoms with Crippen LogP contribution in [0.25, 0.3) is 0 Å². The van der Waals surface area contributed by atoms with E-state index in [-0.39, 0.29) is 0 Å². The highest BCUT2D eigenvalue weighted by molar-refractivity contribution is 5.78. The van der Waals surface area contributed by atoms with Crippen LogP contribution in [0.15, 0.2) is 24.3 Å². The average Bonchev–Trinajstić information content (AvgIpc) is 2.44. The Morgan fingerprint density at radius 1 is 1.30 bits per heavy atom. The number of aliphatic carboxylic acids is 1. The van der Waals surface area contributed by atoms with E-state index >= 15 is 0 Å². The van der Waals surface area contributed by atoms with Crippen molar-refractivity contribution >= 4 is 5.97 Å². The van der Waals surface area contributed by atoms with Crippen LogP contribution >= 0.6 is 0 Å². The summed E-state index contributed by atoms with van der Waals surface area (Å²) >= 11 is 0. The van der Waals surface area contributed by atoms with Crippen LogP contribution in [0.4, 0.5) is 0 Å². The summed E-state index contributed by atoms with van der Waals surface area (Å²) in [4.78, 5) is 11.1. The third-order valence-corrected chi connectivity index (χ3v) is 3.21. The highest BCUT2D eigenvalue weighted by atomic mass is 16.5. The van der Waals surface area contributed by atoms with Crippen molar-refractivity contribution in [3.63, 3.8) is 0 Å². The Morgan fingerprint density at radius 2 is 1.95 bits per heavy atom. The molecule has 20 heavy (non-hydrogen) atoms. The number of hydrogen-bond acceptors (Lipinski definition) is 4. The van der Waals surface area contributed by atoms with Crippen LogP contribution < -0.4 is 15.2 Å². The van der Waals surface area contributed by atoms with Crippen molar-refractivity contribution in [3.05, 3.63) is 24.3 Å². The second kappa shape index (κ2) is 7.75. The Labute approximate surface area is 119 Å². The molecule has 0 aliphatic carbocycles. The summed E-state index contributed by atoms with van der Waals surface area (Å²) in [5.74, 6) is 0.515. The molecule has 0 saturated carbocycles. The van der Waals surface area contributed by atoms with Crippen molar-refractivity contribution in [1.82, 2.24) is 0 Å². The van der Waals surface area contributed by atoms with Gasteiger partial charge in [-0.05, 0) is 38.3 Å². The molecule has 1 rings (SSSR count). The van der Waals surface area contributed by atoms with Crippen LogP contribution in [-0.4, -0.2) is 29.8 Å². The summed E-state index contributed by atoms with van der Waals surface area (Å²) in [5, 5.41) is 9.06. The number of carboxylic acid groups (broad SMARTS) is 1. The van der Waals surface area contributed by atoms with Gasteiger partial charge in [-0.3, -0.25) is 4.79 Å². The SMILES string of the molecule is CCOc1cccc(OCCCC(N)(CC)C(=O)O)c1. The Kier molecular flexibility index (Phi) is 6.31. The molecule has 0 saturated heterocycles. The van der Waals surface area contributed by atoms with E-state index in [1.165, 1.54) is 0 Å². The zero-order valence-corrected chi connectivity index (χ0v) is 12.1. The van der Waals surface area contributed by atoms with E-state index in [9.17, 15) is 4.79 Å². The first kappa shape index (κ1) is 16.3. The van der Waals surface area contributed by atoms with E-state index in [1.54, 1.807) is 6.92 Å². The summed E-state index contributed by atoms with van der Waals surface area (Å²) in [7, 11) is 0. The minimum absolute atomic E-state index is 0.393. The third-order valence-electron chi connectivity index (χ3n) is 3.21. The van der Waals surface area contributed by atoms with E-state index < -0.39 is 11.5 Å². The van der Waals surface area contributed by atoms with Crippen LogP contribution in [-0.2, 0) is 4.79 Å². The molecule has 112 valence electrons. The van der Waals surface area contributed by atoms with Gasteiger partial charge in [0.2, 0.25) is 0 Å². The first-order valence-corrected chi connectivity index (χ1v) is 6.89. The Balaban J connectivity index is 2.41. The number of carbonyl (C=O) groups is 1. The maximum Gasteiger partial charge on any atom is 0.323 e. The first-order valence-electron chi connectivity index (χ1n) is 6.89. The molecule has 0 aliphatic heterocycles. The lowest BCUT2D eigenvalue weighted by molar-refractivity contribution is -0.143. The molecule has 0 spiro atoms. The lowest BCUT2D eigenvalue weighted by Crippen LogP contribution is -2.47. The largest absolute Gasteiger partial charge is 0.494 e. The van der Waals surface area contributed by atoms with Gasteiger partial charge in [0.15, 0.2) is 0 Å². The van der Waals surface area contributed by atoms with Crippen molar-refractivity contribution in [2.24, 2.45) is 5.73 Å². The van der Waals surface area contributed by atoms with Gasteiger partial charge in [0.05, 0.1) is 13.2 Å². The van der Waals surface area contributed by atoms with Gasteiger partial charge in [0.1, 0.15) is 17.0 Å². The monoisotopic (exact) mass is 281 g/mol. The zero-order valence-electron chi connectivity index (χ0n) is 12.1. The van der Waals surface area contributed by atoms with Crippen LogP contribution in [0.5, 0.6) is 11.5 Å². The molecule has 1 unspecified atom stereocenters. The van der Waals surface area contributed by atoms with Gasteiger partial charge in [-0.1, -0.05) is 13.0 Å². The molecule has 3 N–H and O–H groups in total. The standard InChI is InChI=1S/C15H23NO4/c1-3-15(16,14(17)18)9-6-10-20-13-8-5-7-12(11-13)19-4-2/h5,7-8,11H,3-4,6,9-10,16H2,1-2H3,(H,17,18). The summed E-state index contributed by atoms with van der Waals surface area (Å²) in [5.41, 5.74) is 4.65. The maximum atomic E-state index is 11.1. The van der Waals surface area contributed by atoms with Gasteiger partial charge in [0.25, 0.3) is 0 Å². The molecule has 0 fully saturated rings. The minimum Gasteiger partial charge on any atom is -0.494 e. The highest BCUT2D eigenvalue weighted by Crippen LogP contribution is 2.20. The highest BCUT2D eigenvalue weighted by Gasteiger charge is 2.30. The number of hydrogen-bond donors (Lipinski definition) is 2. The van der Waals surface area contributed by atoms with Crippen molar-refractivity contribution < 1.29 is 19.4 Å². The maximum absolute atomic E-state index is 11.1. The predicted octanol–water partition coefficient (Wildman–Crippen LogP) is 2.44. The van der Waals surface area contributed by atoms with E-state index in [1.807, 2.05) is 31.2 Å². The third kappa shape index (κ3) is 4.74. The van der Waals surface area contributed by atoms with Crippen LogP contribution in [0, 0.1) is 0 Å². The van der Waals surface area contributed by atoms with Crippen LogP contribution in [0.2, 0.25) is 0 Å². The fraction of sp³-hybridized carbons (Fsp3) is 0.533. The van der Waals surface area contributed by atoms with E-state index in [0.29, 0.717) is 38.2 Å². The molecular weight excluding hydrogens is 258 g/mol. The molecule has 0 amide bonds. The quantitative estimate of drug-likeness (QED) is 0.679. The number of ether oxygens (including phenoxy) is 2. The Hall–Kier alpha value is -1.75. The van der Waals surface area contributed by atoms with Crippen LogP contribution in [0.1, 0.15) is 33.1 Å². The summed E-state index contributed by atoms with van der Waals surface area (Å²) in [6, 6.07) is 7.38. The smallest absolute Gasteiger partial charge is 0.323 e. The normalized spacial score (nSPS) is 13.6. The van der Waals surface area contributed by atoms with Gasteiger partial charge in [-0.15, -0.1) is 0 Å². The summed E-state index contributed by atoms with van der Waals surface area (Å²) in [6.07, 6.45) is 1.39. The van der Waals surface area contributed by atoms with E-state index in [4.69, 9.17) is 20.3 Å². The van der Waals surface area contributed by atoms with Gasteiger partial charge in [-0.2, -0.15) is 0 Å². The first-order chi connectivity index (χ1) is 9.51.